The minimum Gasteiger partial charge on any atom is -0.370 e. The van der Waals surface area contributed by atoms with Crippen molar-refractivity contribution in [2.45, 2.75) is 27.7 Å². The number of nitrogens with zero attached hydrogens (tertiary/aromatic N) is 17. The van der Waals surface area contributed by atoms with Gasteiger partial charge in [-0.15, -0.1) is 15.0 Å². The van der Waals surface area contributed by atoms with E-state index < -0.39 is 0 Å². The van der Waals surface area contributed by atoms with Gasteiger partial charge in [0.25, 0.3) is 17.2 Å². The van der Waals surface area contributed by atoms with Crippen molar-refractivity contribution in [3.05, 3.63) is 426 Å². The second-order valence-corrected chi connectivity index (χ2v) is 29.2. The number of benzene rings is 15. The van der Waals surface area contributed by atoms with Gasteiger partial charge in [-0.05, 0) is 232 Å². The second-order valence-electron chi connectivity index (χ2n) is 29.2. The first kappa shape index (κ1) is 75.9. The monoisotopic (exact) mass is 1570 g/mol. The number of aryl methyl sites for hydroxylation is 4. The third-order valence-corrected chi connectivity index (χ3v) is 21.4. The van der Waals surface area contributed by atoms with Gasteiger partial charge in [-0.2, -0.15) is 10.5 Å². The van der Waals surface area contributed by atoms with Crippen LogP contribution in [-0.2, 0) is 0 Å². The Morgan fingerprint density at radius 1 is 0.246 bits per heavy atom. The molecular formula is C105H71N17. The van der Waals surface area contributed by atoms with E-state index in [9.17, 15) is 10.5 Å². The van der Waals surface area contributed by atoms with E-state index in [4.69, 9.17) is 19.7 Å². The van der Waals surface area contributed by atoms with Crippen LogP contribution in [0.15, 0.2) is 358 Å². The first-order valence-corrected chi connectivity index (χ1v) is 39.5. The highest BCUT2D eigenvalue weighted by Gasteiger charge is 2.29. The summed E-state index contributed by atoms with van der Waals surface area (Å²) in [5, 5.41) is 23.8. The number of fused-ring (bicyclic) bond motifs is 12. The lowest BCUT2D eigenvalue weighted by atomic mass is 10.1. The lowest BCUT2D eigenvalue weighted by Gasteiger charge is -2.30. The molecule has 0 amide bonds. The summed E-state index contributed by atoms with van der Waals surface area (Å²) in [4.78, 5) is 44.4. The van der Waals surface area contributed by atoms with Crippen molar-refractivity contribution in [2.24, 2.45) is 0 Å². The maximum Gasteiger partial charge on any atom is 0.307 e. The highest BCUT2D eigenvalue weighted by Crippen LogP contribution is 2.45. The van der Waals surface area contributed by atoms with Crippen molar-refractivity contribution in [1.82, 2.24) is 39.0 Å². The molecule has 0 N–H and O–H groups in total. The molecular weight excluding hydrogens is 1500 g/mol. The summed E-state index contributed by atoms with van der Waals surface area (Å²) in [6.45, 7) is 29.8. The Hall–Kier alpha value is -17.4. The third kappa shape index (κ3) is 14.5. The summed E-state index contributed by atoms with van der Waals surface area (Å²) in [6, 6.07) is 132. The molecule has 0 aliphatic carbocycles. The first-order chi connectivity index (χ1) is 59.9. The molecule has 0 saturated carbocycles. The van der Waals surface area contributed by atoms with Gasteiger partial charge in [-0.25, -0.2) is 15.0 Å². The largest absolute Gasteiger partial charge is 0.370 e. The Balaban J connectivity index is 0.000000139. The summed E-state index contributed by atoms with van der Waals surface area (Å²) < 4.78 is 4.75. The molecule has 20 aromatic rings. The van der Waals surface area contributed by atoms with Crippen LogP contribution < -0.4 is 19.6 Å². The normalized spacial score (nSPS) is 10.9. The number of hydrogen-bond donors (Lipinski definition) is 0. The average Bonchev–Trinajstić information content (AvgIpc) is 0.859. The molecule has 0 bridgehead atoms. The van der Waals surface area contributed by atoms with Gasteiger partial charge in [0.05, 0.1) is 27.8 Å². The molecule has 0 unspecified atom stereocenters. The second kappa shape index (κ2) is 33.1. The van der Waals surface area contributed by atoms with E-state index in [1.807, 2.05) is 12.1 Å². The molecule has 0 spiro atoms. The van der Waals surface area contributed by atoms with Crippen LogP contribution >= 0.6 is 0 Å². The van der Waals surface area contributed by atoms with Crippen LogP contribution in [0.4, 0.5) is 85.7 Å². The van der Waals surface area contributed by atoms with E-state index in [-0.39, 0.29) is 61.9 Å². The lowest BCUT2D eigenvalue weighted by molar-refractivity contribution is 1.13. The Morgan fingerprint density at radius 2 is 0.492 bits per heavy atom. The van der Waals surface area contributed by atoms with Crippen molar-refractivity contribution in [3.63, 3.8) is 0 Å². The average molecular weight is 1570 g/mol. The fourth-order valence-corrected chi connectivity index (χ4v) is 16.0. The Bertz CT molecular complexity index is 7040. The van der Waals surface area contributed by atoms with Gasteiger partial charge >= 0.3 is 5.82 Å². The molecule has 122 heavy (non-hydrogen) atoms. The summed E-state index contributed by atoms with van der Waals surface area (Å²) in [7, 11) is 0. The zero-order valence-corrected chi connectivity index (χ0v) is 66.7. The van der Waals surface area contributed by atoms with Gasteiger partial charge in [0.15, 0.2) is 11.4 Å². The Kier molecular flexibility index (Phi) is 20.6. The van der Waals surface area contributed by atoms with Crippen molar-refractivity contribution in [2.75, 3.05) is 19.6 Å². The van der Waals surface area contributed by atoms with Crippen LogP contribution in [0.1, 0.15) is 33.8 Å². The first-order valence-electron chi connectivity index (χ1n) is 39.5. The molecule has 0 radical (unpaired) electrons. The number of nitriles is 2. The van der Waals surface area contributed by atoms with Gasteiger partial charge in [0.2, 0.25) is 11.0 Å². The zero-order valence-electron chi connectivity index (χ0n) is 66.7. The molecule has 0 aliphatic rings. The molecule has 5 aromatic heterocycles. The standard InChI is InChI=1S/C57H48N4.C30H20N2.C18H3N11/c1-43-16-13-25-55(40-43)59(46-19-7-4-8-20-46)52-34-28-49(29-35-52)58(50-30-36-53(37-31-50)60(47-21-9-5-10-22-47)56-26-14-17-44(2)41-56)51-32-38-54(39-33-51)61(48-23-11-6-12-24-48)57-27-15-18-45(3)42-57;1-5-16-27-23(12-1)24-13-2-6-17-28(24)31(27)21-10-9-11-22(20-21)32-29-18-7-3-14-25(29)26-15-4-8-19-30(26)32;1-7-8(5-19)25-11-10(24-7)12-13(27-16(21-2)9(6-20)26-12)15-14(11)28-17(22-3)18(23-4)29-15/h4-42H,1-3H3;1-20H;1H3. The zero-order chi connectivity index (χ0) is 83.3. The molecule has 15 aromatic carbocycles. The molecule has 0 atom stereocenters. The molecule has 5 heterocycles. The third-order valence-electron chi connectivity index (χ3n) is 21.4. The summed E-state index contributed by atoms with van der Waals surface area (Å²) >= 11 is 0. The lowest BCUT2D eigenvalue weighted by Crippen LogP contribution is -2.14. The SMILES string of the molecule is Cc1cccc(N(c2ccccc2)c2ccc(N(c3ccc(N(c4ccccc4)c4cccc(C)c4)cc3)c3ccc(N(c4ccccc4)c4cccc(C)c4)cc3)cc2)c1.[C-]#[N+]c1nc2c(nc1C#N)c1nc(C)c(C#N)nc1c1nc([N+]#[C-])c([N+]#[C-])nc21.c1cc(-n2c3ccccc3c3ccccc32)cc(-n2c3ccccc3c3ccccc32)c1. The number of rotatable bonds is 14. The number of para-hydroxylation sites is 7. The van der Waals surface area contributed by atoms with Crippen LogP contribution in [0.2, 0.25) is 0 Å². The van der Waals surface area contributed by atoms with Crippen LogP contribution in [0.25, 0.3) is 103 Å². The fraction of sp³-hybridized carbons (Fsp3) is 0.0381. The predicted octanol–water partition coefficient (Wildman–Crippen LogP) is 27.6. The highest BCUT2D eigenvalue weighted by molar-refractivity contribution is 6.19. The van der Waals surface area contributed by atoms with E-state index >= 15 is 0 Å². The quantitative estimate of drug-likeness (QED) is 0.0750. The maximum absolute atomic E-state index is 9.32. The minimum atomic E-state index is -0.246. The summed E-state index contributed by atoms with van der Waals surface area (Å²) in [5.41, 5.74) is 24.9. The van der Waals surface area contributed by atoms with Crippen LogP contribution in [0, 0.1) is 70.1 Å². The van der Waals surface area contributed by atoms with Crippen LogP contribution in [0.5, 0.6) is 0 Å². The number of aromatic nitrogens is 8. The topological polar surface area (TPSA) is 161 Å². The fourth-order valence-electron chi connectivity index (χ4n) is 16.0. The van der Waals surface area contributed by atoms with Crippen molar-refractivity contribution in [3.8, 4) is 23.5 Å². The van der Waals surface area contributed by atoms with Crippen LogP contribution in [-0.4, -0.2) is 39.0 Å². The van der Waals surface area contributed by atoms with Gasteiger partial charge < -0.3 is 43.3 Å². The van der Waals surface area contributed by atoms with Gasteiger partial charge in [-0.1, -0.05) is 190 Å². The van der Waals surface area contributed by atoms with Gasteiger partial charge in [0, 0.05) is 101 Å². The molecule has 17 nitrogen and oxygen atoms in total. The van der Waals surface area contributed by atoms with E-state index in [0.29, 0.717) is 5.69 Å². The highest BCUT2D eigenvalue weighted by atomic mass is 15.2. The molecule has 0 fully saturated rings. The summed E-state index contributed by atoms with van der Waals surface area (Å²) in [5.74, 6) is -0.718. The Labute approximate surface area is 704 Å². The maximum atomic E-state index is 9.32. The minimum absolute atomic E-state index is 0.0461. The van der Waals surface area contributed by atoms with E-state index in [1.165, 1.54) is 71.7 Å². The van der Waals surface area contributed by atoms with Crippen molar-refractivity contribution in [1.29, 1.82) is 10.5 Å². The number of hydrogen-bond acceptors (Lipinski definition) is 12. The van der Waals surface area contributed by atoms with Gasteiger partial charge in [-0.3, -0.25) is 0 Å². The van der Waals surface area contributed by atoms with Gasteiger partial charge in [0.1, 0.15) is 28.7 Å². The smallest absolute Gasteiger partial charge is 0.307 e. The van der Waals surface area contributed by atoms with Crippen LogP contribution in [0.3, 0.4) is 0 Å². The van der Waals surface area contributed by atoms with E-state index in [2.05, 4.69) is 452 Å². The molecule has 20 rings (SSSR count). The molecule has 17 heteroatoms. The van der Waals surface area contributed by atoms with Crippen molar-refractivity contribution >= 4 is 162 Å². The number of anilines is 12. The van der Waals surface area contributed by atoms with Crippen molar-refractivity contribution < 1.29 is 0 Å². The molecule has 576 valence electrons. The Morgan fingerprint density at radius 3 is 0.795 bits per heavy atom. The van der Waals surface area contributed by atoms with E-state index in [1.54, 1.807) is 6.92 Å². The van der Waals surface area contributed by atoms with E-state index in [0.717, 1.165) is 68.2 Å². The summed E-state index contributed by atoms with van der Waals surface area (Å²) in [6.07, 6.45) is 0. The molecule has 0 saturated heterocycles. The molecule has 0 aliphatic heterocycles. The predicted molar refractivity (Wildman–Crippen MR) is 493 cm³/mol.